The number of hydrazone groups is 1. The van der Waals surface area contributed by atoms with E-state index in [1.807, 2.05) is 24.3 Å². The van der Waals surface area contributed by atoms with E-state index in [0.717, 1.165) is 30.6 Å². The number of nitrogens with zero attached hydrogens (tertiary/aromatic N) is 1. The Balaban J connectivity index is 1.75. The molecule has 1 fully saturated rings. The zero-order valence-corrected chi connectivity index (χ0v) is 15.2. The van der Waals surface area contributed by atoms with Crippen molar-refractivity contribution in [1.29, 1.82) is 0 Å². The molecule has 130 valence electrons. The number of nitrogens with one attached hydrogen (secondary N) is 1. The Bertz CT molecular complexity index is 604. The van der Waals surface area contributed by atoms with Crippen molar-refractivity contribution < 1.29 is 14.3 Å². The van der Waals surface area contributed by atoms with Crippen molar-refractivity contribution in [1.82, 2.24) is 5.43 Å². The lowest BCUT2D eigenvalue weighted by molar-refractivity contribution is -0.145. The van der Waals surface area contributed by atoms with Crippen molar-refractivity contribution in [3.05, 3.63) is 34.9 Å². The molecule has 0 aliphatic heterocycles. The molecule has 1 aliphatic rings. The Hall–Kier alpha value is -1.53. The minimum atomic E-state index is -0.313. The monoisotopic (exact) mass is 368 g/mol. The van der Waals surface area contributed by atoms with Crippen LogP contribution in [-0.4, -0.2) is 29.9 Å². The molecule has 1 N–H and O–H groups in total. The summed E-state index contributed by atoms with van der Waals surface area (Å²) in [5, 5.41) is 4.83. The highest BCUT2D eigenvalue weighted by atomic mass is 35.5. The van der Waals surface area contributed by atoms with Gasteiger partial charge >= 0.3 is 5.97 Å². The molecule has 0 unspecified atom stereocenters. The van der Waals surface area contributed by atoms with Crippen LogP contribution in [0.2, 0.25) is 5.02 Å². The minimum absolute atomic E-state index is 0.170. The lowest BCUT2D eigenvalue weighted by Gasteiger charge is -2.10. The summed E-state index contributed by atoms with van der Waals surface area (Å²) >= 11 is 7.34. The number of thioether (sulfide) groups is 1. The maximum absolute atomic E-state index is 11.9. The molecule has 24 heavy (non-hydrogen) atoms. The van der Waals surface area contributed by atoms with Gasteiger partial charge in [-0.2, -0.15) is 5.10 Å². The predicted octanol–water partition coefficient (Wildman–Crippen LogP) is 3.41. The molecular weight excluding hydrogens is 348 g/mol. The Morgan fingerprint density at radius 2 is 2.12 bits per heavy atom. The number of halogens is 1. The molecule has 0 saturated heterocycles. The molecule has 5 nitrogen and oxygen atoms in total. The molecule has 7 heteroatoms. The number of carbonyl (C=O) groups is 2. The average molecular weight is 369 g/mol. The molecule has 1 saturated carbocycles. The number of benzene rings is 1. The highest BCUT2D eigenvalue weighted by Crippen LogP contribution is 2.23. The third-order valence-electron chi connectivity index (χ3n) is 3.64. The zero-order valence-electron chi connectivity index (χ0n) is 13.6. The van der Waals surface area contributed by atoms with Crippen LogP contribution in [0.15, 0.2) is 29.4 Å². The van der Waals surface area contributed by atoms with Crippen molar-refractivity contribution >= 4 is 41.0 Å². The SMILES string of the molecule is CCOC(=O)[C@H]1CCC/C1=N/NC(=O)CSCc1ccc(Cl)cc1. The number of esters is 1. The van der Waals surface area contributed by atoms with Crippen LogP contribution in [0.4, 0.5) is 0 Å². The van der Waals surface area contributed by atoms with Gasteiger partial charge in [0.15, 0.2) is 0 Å². The average Bonchev–Trinajstić information content (AvgIpc) is 3.04. The van der Waals surface area contributed by atoms with E-state index in [-0.39, 0.29) is 17.8 Å². The predicted molar refractivity (Wildman–Crippen MR) is 97.2 cm³/mol. The Kier molecular flexibility index (Phi) is 7.59. The molecule has 1 atom stereocenters. The van der Waals surface area contributed by atoms with Crippen LogP contribution in [-0.2, 0) is 20.1 Å². The van der Waals surface area contributed by atoms with E-state index in [1.54, 1.807) is 6.92 Å². The number of hydrogen-bond donors (Lipinski definition) is 1. The second kappa shape index (κ2) is 9.69. The van der Waals surface area contributed by atoms with E-state index in [2.05, 4.69) is 10.5 Å². The van der Waals surface area contributed by atoms with Crippen LogP contribution in [0, 0.1) is 5.92 Å². The summed E-state index contributed by atoms with van der Waals surface area (Å²) in [5.41, 5.74) is 4.37. The minimum Gasteiger partial charge on any atom is -0.465 e. The summed E-state index contributed by atoms with van der Waals surface area (Å²) in [6.07, 6.45) is 2.35. The van der Waals surface area contributed by atoms with E-state index in [4.69, 9.17) is 16.3 Å². The molecule has 1 aromatic carbocycles. The normalized spacial score (nSPS) is 18.6. The molecule has 0 bridgehead atoms. The van der Waals surface area contributed by atoms with Crippen molar-refractivity contribution in [3.63, 3.8) is 0 Å². The van der Waals surface area contributed by atoms with E-state index in [1.165, 1.54) is 11.8 Å². The fraction of sp³-hybridized carbons (Fsp3) is 0.471. The second-order valence-electron chi connectivity index (χ2n) is 5.45. The summed E-state index contributed by atoms with van der Waals surface area (Å²) < 4.78 is 5.04. The van der Waals surface area contributed by atoms with Gasteiger partial charge in [-0.15, -0.1) is 11.8 Å². The van der Waals surface area contributed by atoms with Crippen molar-refractivity contribution in [2.24, 2.45) is 11.0 Å². The molecule has 1 amide bonds. The van der Waals surface area contributed by atoms with Crippen molar-refractivity contribution in [3.8, 4) is 0 Å². The lowest BCUT2D eigenvalue weighted by Crippen LogP contribution is -2.26. The zero-order chi connectivity index (χ0) is 17.4. The van der Waals surface area contributed by atoms with Crippen molar-refractivity contribution in [2.45, 2.75) is 31.9 Å². The standard InChI is InChI=1S/C17H21ClN2O3S/c1-2-23-17(22)14-4-3-5-15(14)19-20-16(21)11-24-10-12-6-8-13(18)9-7-12/h6-9,14H,2-5,10-11H2,1H3,(H,20,21)/b19-15-/t14-/m0/s1. The van der Waals surface area contributed by atoms with Gasteiger partial charge in [0.25, 0.3) is 0 Å². The van der Waals surface area contributed by atoms with E-state index in [0.29, 0.717) is 23.1 Å². The first-order valence-electron chi connectivity index (χ1n) is 7.94. The molecule has 0 heterocycles. The second-order valence-corrected chi connectivity index (χ2v) is 6.88. The fourth-order valence-electron chi connectivity index (χ4n) is 2.47. The van der Waals surface area contributed by atoms with Gasteiger partial charge in [-0.3, -0.25) is 9.59 Å². The quantitative estimate of drug-likeness (QED) is 0.591. The van der Waals surface area contributed by atoms with Crippen LogP contribution in [0.1, 0.15) is 31.7 Å². The lowest BCUT2D eigenvalue weighted by atomic mass is 10.1. The summed E-state index contributed by atoms with van der Waals surface area (Å²) in [4.78, 5) is 23.7. The van der Waals surface area contributed by atoms with E-state index < -0.39 is 0 Å². The first-order chi connectivity index (χ1) is 11.6. The van der Waals surface area contributed by atoms with Crippen LogP contribution in [0.5, 0.6) is 0 Å². The Morgan fingerprint density at radius 3 is 2.83 bits per heavy atom. The van der Waals surface area contributed by atoms with Gasteiger partial charge in [-0.1, -0.05) is 23.7 Å². The van der Waals surface area contributed by atoms with E-state index in [9.17, 15) is 9.59 Å². The van der Waals surface area contributed by atoms with E-state index >= 15 is 0 Å². The number of rotatable bonds is 7. The van der Waals surface area contributed by atoms with Crippen LogP contribution >= 0.6 is 23.4 Å². The summed E-state index contributed by atoms with van der Waals surface area (Å²) in [7, 11) is 0. The number of hydrogen-bond acceptors (Lipinski definition) is 5. The fourth-order valence-corrected chi connectivity index (χ4v) is 3.37. The number of amides is 1. The number of carbonyl (C=O) groups excluding carboxylic acids is 2. The maximum atomic E-state index is 11.9. The Morgan fingerprint density at radius 1 is 1.38 bits per heavy atom. The summed E-state index contributed by atoms with van der Waals surface area (Å²) in [5.74, 6) is 0.305. The van der Waals surface area contributed by atoms with Crippen LogP contribution in [0.25, 0.3) is 0 Å². The maximum Gasteiger partial charge on any atom is 0.314 e. The van der Waals surface area contributed by atoms with Crippen molar-refractivity contribution in [2.75, 3.05) is 12.4 Å². The smallest absolute Gasteiger partial charge is 0.314 e. The molecule has 2 rings (SSSR count). The highest BCUT2D eigenvalue weighted by molar-refractivity contribution is 7.99. The first-order valence-corrected chi connectivity index (χ1v) is 9.47. The van der Waals surface area contributed by atoms with Gasteiger partial charge < -0.3 is 4.74 Å². The van der Waals surface area contributed by atoms with Gasteiger partial charge in [0.05, 0.1) is 24.0 Å². The first kappa shape index (κ1) is 18.8. The van der Waals surface area contributed by atoms with Crippen LogP contribution < -0.4 is 5.43 Å². The molecular formula is C17H21ClN2O3S. The largest absolute Gasteiger partial charge is 0.465 e. The van der Waals surface area contributed by atoms with Gasteiger partial charge in [-0.05, 0) is 43.9 Å². The topological polar surface area (TPSA) is 67.8 Å². The Labute approximate surface area is 151 Å². The molecule has 1 aliphatic carbocycles. The van der Waals surface area contributed by atoms with Gasteiger partial charge in [0, 0.05) is 10.8 Å². The number of ether oxygens (including phenoxy) is 1. The third-order valence-corrected chi connectivity index (χ3v) is 4.89. The van der Waals surface area contributed by atoms with Crippen LogP contribution in [0.3, 0.4) is 0 Å². The summed E-state index contributed by atoms with van der Waals surface area (Å²) in [6.45, 7) is 2.14. The molecule has 0 aromatic heterocycles. The van der Waals surface area contributed by atoms with Gasteiger partial charge in [0.1, 0.15) is 0 Å². The molecule has 1 aromatic rings. The third kappa shape index (κ3) is 5.83. The van der Waals surface area contributed by atoms with Gasteiger partial charge in [-0.25, -0.2) is 5.43 Å². The highest BCUT2D eigenvalue weighted by Gasteiger charge is 2.30. The van der Waals surface area contributed by atoms with Gasteiger partial charge in [0.2, 0.25) is 5.91 Å². The molecule has 0 spiro atoms. The molecule has 0 radical (unpaired) electrons. The summed E-state index contributed by atoms with van der Waals surface area (Å²) in [6, 6.07) is 7.55.